The van der Waals surface area contributed by atoms with E-state index in [2.05, 4.69) is 43.1 Å². The molecule has 0 saturated heterocycles. The molecule has 4 heteroatoms. The van der Waals surface area contributed by atoms with E-state index in [9.17, 15) is 9.90 Å². The van der Waals surface area contributed by atoms with Crippen LogP contribution in [-0.2, 0) is 11.3 Å². The Labute approximate surface area is 171 Å². The molecule has 4 rings (SSSR count). The Morgan fingerprint density at radius 2 is 1.62 bits per heavy atom. The lowest BCUT2D eigenvalue weighted by molar-refractivity contribution is -0.130. The SMILES string of the molecule is CC(C)c1ccc([C@H]2C(c3ccccc3)=C(O)C(=O)N2Cc2ccncc2)cc1. The minimum Gasteiger partial charge on any atom is -0.503 e. The number of aliphatic hydroxyl groups excluding tert-OH is 1. The fourth-order valence-electron chi connectivity index (χ4n) is 3.82. The highest BCUT2D eigenvalue weighted by atomic mass is 16.3. The Morgan fingerprint density at radius 1 is 0.966 bits per heavy atom. The monoisotopic (exact) mass is 384 g/mol. The van der Waals surface area contributed by atoms with Crippen LogP contribution in [-0.4, -0.2) is 20.9 Å². The lowest BCUT2D eigenvalue weighted by Gasteiger charge is -2.28. The first-order chi connectivity index (χ1) is 14.1. The molecule has 2 aromatic carbocycles. The number of carbonyl (C=O) groups is 1. The van der Waals surface area contributed by atoms with Crippen molar-refractivity contribution in [3.8, 4) is 0 Å². The van der Waals surface area contributed by atoms with Gasteiger partial charge in [-0.15, -0.1) is 0 Å². The molecule has 1 N–H and O–H groups in total. The number of aliphatic hydroxyl groups is 1. The third kappa shape index (κ3) is 3.66. The quantitative estimate of drug-likeness (QED) is 0.653. The fourth-order valence-corrected chi connectivity index (χ4v) is 3.82. The van der Waals surface area contributed by atoms with E-state index in [1.165, 1.54) is 5.56 Å². The zero-order valence-electron chi connectivity index (χ0n) is 16.6. The molecule has 0 radical (unpaired) electrons. The van der Waals surface area contributed by atoms with Crippen molar-refractivity contribution in [1.29, 1.82) is 0 Å². The largest absolute Gasteiger partial charge is 0.503 e. The van der Waals surface area contributed by atoms with E-state index in [0.717, 1.165) is 16.7 Å². The number of rotatable bonds is 5. The van der Waals surface area contributed by atoms with E-state index in [4.69, 9.17) is 0 Å². The van der Waals surface area contributed by atoms with E-state index in [1.54, 1.807) is 17.3 Å². The second-order valence-corrected chi connectivity index (χ2v) is 7.64. The van der Waals surface area contributed by atoms with Gasteiger partial charge < -0.3 is 10.0 Å². The highest BCUT2D eigenvalue weighted by Gasteiger charge is 2.40. The summed E-state index contributed by atoms with van der Waals surface area (Å²) in [6.45, 7) is 4.72. The second-order valence-electron chi connectivity index (χ2n) is 7.64. The molecule has 0 bridgehead atoms. The number of hydrogen-bond acceptors (Lipinski definition) is 3. The van der Waals surface area contributed by atoms with E-state index in [0.29, 0.717) is 18.0 Å². The van der Waals surface area contributed by atoms with Gasteiger partial charge in [0.1, 0.15) is 0 Å². The third-order valence-electron chi connectivity index (χ3n) is 5.41. The van der Waals surface area contributed by atoms with Crippen LogP contribution < -0.4 is 0 Å². The van der Waals surface area contributed by atoms with Crippen LogP contribution in [0.15, 0.2) is 84.9 Å². The van der Waals surface area contributed by atoms with Gasteiger partial charge in [-0.25, -0.2) is 0 Å². The Balaban J connectivity index is 1.80. The minimum atomic E-state index is -0.349. The fraction of sp³-hybridized carbons (Fsp3) is 0.200. The van der Waals surface area contributed by atoms with Crippen molar-refractivity contribution in [3.05, 3.63) is 107 Å². The molecule has 1 amide bonds. The van der Waals surface area contributed by atoms with E-state index < -0.39 is 0 Å². The first-order valence-corrected chi connectivity index (χ1v) is 9.84. The van der Waals surface area contributed by atoms with Crippen LogP contribution in [0.4, 0.5) is 0 Å². The van der Waals surface area contributed by atoms with Gasteiger partial charge in [0.05, 0.1) is 6.04 Å². The average Bonchev–Trinajstić information content (AvgIpc) is 3.00. The molecule has 1 aliphatic heterocycles. The number of hydrogen-bond donors (Lipinski definition) is 1. The van der Waals surface area contributed by atoms with Gasteiger partial charge in [0.25, 0.3) is 5.91 Å². The molecule has 29 heavy (non-hydrogen) atoms. The smallest absolute Gasteiger partial charge is 0.290 e. The van der Waals surface area contributed by atoms with Crippen molar-refractivity contribution in [3.63, 3.8) is 0 Å². The van der Waals surface area contributed by atoms with Gasteiger partial charge >= 0.3 is 0 Å². The summed E-state index contributed by atoms with van der Waals surface area (Å²) >= 11 is 0. The molecule has 0 fully saturated rings. The zero-order valence-corrected chi connectivity index (χ0v) is 16.6. The lowest BCUT2D eigenvalue weighted by Crippen LogP contribution is -2.29. The van der Waals surface area contributed by atoms with Crippen molar-refractivity contribution in [2.75, 3.05) is 0 Å². The summed E-state index contributed by atoms with van der Waals surface area (Å²) in [4.78, 5) is 18.8. The number of pyridine rings is 1. The summed E-state index contributed by atoms with van der Waals surface area (Å²) < 4.78 is 0. The minimum absolute atomic E-state index is 0.178. The Morgan fingerprint density at radius 3 is 2.24 bits per heavy atom. The lowest BCUT2D eigenvalue weighted by atomic mass is 9.91. The van der Waals surface area contributed by atoms with Crippen LogP contribution in [0.2, 0.25) is 0 Å². The Kier molecular flexibility index (Phi) is 5.17. The summed E-state index contributed by atoms with van der Waals surface area (Å²) in [6, 6.07) is 21.4. The molecule has 2 heterocycles. The molecule has 146 valence electrons. The van der Waals surface area contributed by atoms with Gasteiger partial charge in [-0.2, -0.15) is 0 Å². The molecule has 1 atom stereocenters. The van der Waals surface area contributed by atoms with E-state index in [-0.39, 0.29) is 17.7 Å². The summed E-state index contributed by atoms with van der Waals surface area (Å²) in [7, 11) is 0. The average molecular weight is 384 g/mol. The van der Waals surface area contributed by atoms with E-state index >= 15 is 0 Å². The number of amides is 1. The van der Waals surface area contributed by atoms with Gasteiger partial charge in [-0.05, 0) is 40.3 Å². The number of nitrogens with zero attached hydrogens (tertiary/aromatic N) is 2. The molecule has 4 nitrogen and oxygen atoms in total. The van der Waals surface area contributed by atoms with Crippen molar-refractivity contribution in [2.45, 2.75) is 32.4 Å². The van der Waals surface area contributed by atoms with Crippen LogP contribution in [0.3, 0.4) is 0 Å². The third-order valence-corrected chi connectivity index (χ3v) is 5.41. The predicted molar refractivity (Wildman–Crippen MR) is 114 cm³/mol. The predicted octanol–water partition coefficient (Wildman–Crippen LogP) is 5.26. The summed E-state index contributed by atoms with van der Waals surface area (Å²) in [5.41, 5.74) is 4.71. The molecule has 0 saturated carbocycles. The molecular formula is C25H24N2O2. The summed E-state index contributed by atoms with van der Waals surface area (Å²) in [6.07, 6.45) is 3.43. The van der Waals surface area contributed by atoms with Crippen molar-refractivity contribution in [2.24, 2.45) is 0 Å². The summed E-state index contributed by atoms with van der Waals surface area (Å²) in [5, 5.41) is 10.8. The topological polar surface area (TPSA) is 53.4 Å². The molecule has 1 aromatic heterocycles. The number of aromatic nitrogens is 1. The molecular weight excluding hydrogens is 360 g/mol. The number of carbonyl (C=O) groups excluding carboxylic acids is 1. The maximum absolute atomic E-state index is 13.1. The van der Waals surface area contributed by atoms with Crippen LogP contribution in [0, 0.1) is 0 Å². The molecule has 0 spiro atoms. The molecule has 0 unspecified atom stereocenters. The highest BCUT2D eigenvalue weighted by Crippen LogP contribution is 2.43. The first kappa shape index (κ1) is 18.9. The van der Waals surface area contributed by atoms with Gasteiger partial charge in [0.15, 0.2) is 5.76 Å². The van der Waals surface area contributed by atoms with E-state index in [1.807, 2.05) is 42.5 Å². The molecule has 3 aromatic rings. The van der Waals surface area contributed by atoms with Crippen molar-refractivity contribution < 1.29 is 9.90 Å². The van der Waals surface area contributed by atoms with Crippen molar-refractivity contribution >= 4 is 11.5 Å². The number of benzene rings is 2. The second kappa shape index (κ2) is 7.92. The Bertz CT molecular complexity index is 1030. The van der Waals surface area contributed by atoms with Gasteiger partial charge in [0, 0.05) is 24.5 Å². The van der Waals surface area contributed by atoms with Crippen LogP contribution in [0.1, 0.15) is 48.1 Å². The maximum atomic E-state index is 13.1. The van der Waals surface area contributed by atoms with Crippen LogP contribution >= 0.6 is 0 Å². The molecule has 1 aliphatic rings. The first-order valence-electron chi connectivity index (χ1n) is 9.84. The van der Waals surface area contributed by atoms with Crippen LogP contribution in [0.25, 0.3) is 5.57 Å². The van der Waals surface area contributed by atoms with Gasteiger partial charge in [-0.3, -0.25) is 9.78 Å². The van der Waals surface area contributed by atoms with Gasteiger partial charge in [-0.1, -0.05) is 68.4 Å². The zero-order chi connectivity index (χ0) is 20.4. The Hall–Kier alpha value is -3.40. The van der Waals surface area contributed by atoms with Gasteiger partial charge in [0.2, 0.25) is 0 Å². The standard InChI is InChI=1S/C25H24N2O2/c1-17(2)19-8-10-21(11-9-19)23-22(20-6-4-3-5-7-20)24(28)25(29)27(23)16-18-12-14-26-15-13-18/h3-15,17,23,28H,16H2,1-2H3/t23-/m0/s1. The highest BCUT2D eigenvalue weighted by molar-refractivity contribution is 6.05. The van der Waals surface area contributed by atoms with Crippen molar-refractivity contribution in [1.82, 2.24) is 9.88 Å². The normalized spacial score (nSPS) is 16.7. The summed E-state index contributed by atoms with van der Waals surface area (Å²) in [5.74, 6) is -0.0958. The van der Waals surface area contributed by atoms with Crippen LogP contribution in [0.5, 0.6) is 0 Å². The maximum Gasteiger partial charge on any atom is 0.290 e. The molecule has 0 aliphatic carbocycles.